The van der Waals surface area contributed by atoms with E-state index in [0.717, 1.165) is 45.3 Å². The lowest BCUT2D eigenvalue weighted by Gasteiger charge is -2.36. The van der Waals surface area contributed by atoms with Crippen LogP contribution in [0.15, 0.2) is 0 Å². The molecule has 5 nitrogen and oxygen atoms in total. The summed E-state index contributed by atoms with van der Waals surface area (Å²) in [6.07, 6.45) is 6.82. The van der Waals surface area contributed by atoms with Crippen molar-refractivity contribution in [3.8, 4) is 0 Å². The van der Waals surface area contributed by atoms with Crippen LogP contribution >= 0.6 is 0 Å². The molecular formula is C15H29N3O2. The van der Waals surface area contributed by atoms with Crippen LogP contribution < -0.4 is 5.32 Å². The minimum atomic E-state index is 0.117. The minimum absolute atomic E-state index is 0.117. The number of carbonyl (C=O) groups excluding carboxylic acids is 1. The fourth-order valence-electron chi connectivity index (χ4n) is 3.43. The fraction of sp³-hybridized carbons (Fsp3) is 0.933. The van der Waals surface area contributed by atoms with Crippen LogP contribution in [0.4, 0.5) is 4.79 Å². The maximum Gasteiger partial charge on any atom is 0.319 e. The quantitative estimate of drug-likeness (QED) is 0.817. The Balaban J connectivity index is 1.73. The average Bonchev–Trinajstić information content (AvgIpc) is 2.94. The summed E-state index contributed by atoms with van der Waals surface area (Å²) in [5.74, 6) is 0. The highest BCUT2D eigenvalue weighted by Crippen LogP contribution is 2.37. The second kappa shape index (κ2) is 6.76. The van der Waals surface area contributed by atoms with E-state index in [2.05, 4.69) is 5.32 Å². The summed E-state index contributed by atoms with van der Waals surface area (Å²) in [5, 5.41) is 13.3. The Bertz CT molecular complexity index is 319. The van der Waals surface area contributed by atoms with Crippen LogP contribution in [0.3, 0.4) is 0 Å². The highest BCUT2D eigenvalue weighted by molar-refractivity contribution is 5.73. The van der Waals surface area contributed by atoms with Gasteiger partial charge >= 0.3 is 6.03 Å². The lowest BCUT2D eigenvalue weighted by Crippen LogP contribution is -2.49. The number of nitrogens with one attached hydrogen (secondary N) is 1. The minimum Gasteiger partial charge on any atom is -0.396 e. The van der Waals surface area contributed by atoms with Crippen molar-refractivity contribution >= 4 is 6.03 Å². The molecule has 116 valence electrons. The maximum absolute atomic E-state index is 11.9. The van der Waals surface area contributed by atoms with Gasteiger partial charge in [-0.15, -0.1) is 0 Å². The zero-order valence-electron chi connectivity index (χ0n) is 12.9. The molecule has 1 aliphatic heterocycles. The fourth-order valence-corrected chi connectivity index (χ4v) is 3.43. The first-order valence-electron chi connectivity index (χ1n) is 7.87. The number of hydrogen-bond donors (Lipinski definition) is 2. The first-order valence-corrected chi connectivity index (χ1v) is 7.87. The molecule has 2 aliphatic rings. The van der Waals surface area contributed by atoms with E-state index in [-0.39, 0.29) is 11.4 Å². The third-order valence-electron chi connectivity index (χ3n) is 4.91. The molecule has 0 spiro atoms. The molecule has 2 amide bonds. The molecule has 0 atom stereocenters. The van der Waals surface area contributed by atoms with Gasteiger partial charge in [0, 0.05) is 51.8 Å². The van der Waals surface area contributed by atoms with Crippen molar-refractivity contribution in [2.75, 3.05) is 40.3 Å². The monoisotopic (exact) mass is 283 g/mol. The summed E-state index contributed by atoms with van der Waals surface area (Å²) in [6.45, 7) is 2.90. The Hall–Kier alpha value is -0.810. The molecule has 20 heavy (non-hydrogen) atoms. The standard InChI is InChI=1S/C15H29N3O2/c1-17(2)14(20)18-9-5-13(6-10-18)16-11-15(12-19)7-3-4-8-15/h13,16,19H,3-12H2,1-2H3. The van der Waals surface area contributed by atoms with Gasteiger partial charge in [0.25, 0.3) is 0 Å². The van der Waals surface area contributed by atoms with Crippen LogP contribution in [0.5, 0.6) is 0 Å². The Morgan fingerprint density at radius 2 is 1.90 bits per heavy atom. The van der Waals surface area contributed by atoms with E-state index in [1.807, 2.05) is 4.90 Å². The van der Waals surface area contributed by atoms with E-state index in [4.69, 9.17) is 0 Å². The third-order valence-corrected chi connectivity index (χ3v) is 4.91. The van der Waals surface area contributed by atoms with Crippen LogP contribution in [0, 0.1) is 5.41 Å². The van der Waals surface area contributed by atoms with Gasteiger partial charge in [-0.1, -0.05) is 12.8 Å². The molecule has 0 aromatic heterocycles. The van der Waals surface area contributed by atoms with Gasteiger partial charge in [0.05, 0.1) is 0 Å². The van der Waals surface area contributed by atoms with Crippen LogP contribution in [-0.2, 0) is 0 Å². The molecule has 1 aliphatic carbocycles. The van der Waals surface area contributed by atoms with E-state index < -0.39 is 0 Å². The molecule has 1 heterocycles. The van der Waals surface area contributed by atoms with Crippen LogP contribution in [0.2, 0.25) is 0 Å². The molecule has 0 bridgehead atoms. The van der Waals surface area contributed by atoms with Gasteiger partial charge in [0.2, 0.25) is 0 Å². The maximum atomic E-state index is 11.9. The second-order valence-electron chi connectivity index (χ2n) is 6.68. The average molecular weight is 283 g/mol. The summed E-state index contributed by atoms with van der Waals surface area (Å²) >= 11 is 0. The molecule has 1 saturated carbocycles. The number of rotatable bonds is 4. The van der Waals surface area contributed by atoms with Gasteiger partial charge in [-0.25, -0.2) is 4.79 Å². The predicted octanol–water partition coefficient (Wildman–Crippen LogP) is 1.27. The van der Waals surface area contributed by atoms with Crippen molar-refractivity contribution in [2.45, 2.75) is 44.6 Å². The van der Waals surface area contributed by atoms with E-state index in [9.17, 15) is 9.90 Å². The molecule has 1 saturated heterocycles. The first-order chi connectivity index (χ1) is 9.56. The van der Waals surface area contributed by atoms with Crippen LogP contribution in [-0.4, -0.2) is 67.3 Å². The first kappa shape index (κ1) is 15.6. The number of urea groups is 1. The number of piperidine rings is 1. The van der Waals surface area contributed by atoms with Gasteiger partial charge in [0.15, 0.2) is 0 Å². The van der Waals surface area contributed by atoms with Crippen LogP contribution in [0.1, 0.15) is 38.5 Å². The lowest BCUT2D eigenvalue weighted by molar-refractivity contribution is 0.115. The van der Waals surface area contributed by atoms with E-state index in [1.54, 1.807) is 19.0 Å². The van der Waals surface area contributed by atoms with E-state index in [1.165, 1.54) is 12.8 Å². The summed E-state index contributed by atoms with van der Waals surface area (Å²) < 4.78 is 0. The molecule has 2 rings (SSSR count). The molecule has 5 heteroatoms. The predicted molar refractivity (Wildman–Crippen MR) is 79.7 cm³/mol. The molecular weight excluding hydrogens is 254 g/mol. The number of amides is 2. The molecule has 0 aromatic rings. The van der Waals surface area contributed by atoms with Gasteiger partial charge in [-0.2, -0.15) is 0 Å². The number of likely N-dealkylation sites (tertiary alicyclic amines) is 1. The smallest absolute Gasteiger partial charge is 0.319 e. The summed E-state index contributed by atoms with van der Waals surface area (Å²) in [7, 11) is 3.61. The number of carbonyl (C=O) groups is 1. The summed E-state index contributed by atoms with van der Waals surface area (Å²) in [6, 6.07) is 0.608. The van der Waals surface area contributed by atoms with Crippen LogP contribution in [0.25, 0.3) is 0 Å². The van der Waals surface area contributed by atoms with Gasteiger partial charge in [-0.3, -0.25) is 0 Å². The van der Waals surface area contributed by atoms with Gasteiger partial charge in [0.1, 0.15) is 0 Å². The summed E-state index contributed by atoms with van der Waals surface area (Å²) in [4.78, 5) is 15.4. The van der Waals surface area contributed by atoms with Crippen molar-refractivity contribution in [2.24, 2.45) is 5.41 Å². The number of aliphatic hydroxyl groups excluding tert-OH is 1. The van der Waals surface area contributed by atoms with Crippen molar-refractivity contribution in [1.29, 1.82) is 0 Å². The normalized spacial score (nSPS) is 23.1. The molecule has 0 aromatic carbocycles. The van der Waals surface area contributed by atoms with Crippen molar-refractivity contribution < 1.29 is 9.90 Å². The second-order valence-corrected chi connectivity index (χ2v) is 6.68. The van der Waals surface area contributed by atoms with E-state index in [0.29, 0.717) is 12.6 Å². The molecule has 0 unspecified atom stereocenters. The van der Waals surface area contributed by atoms with Crippen molar-refractivity contribution in [1.82, 2.24) is 15.1 Å². The van der Waals surface area contributed by atoms with E-state index >= 15 is 0 Å². The number of aliphatic hydroxyl groups is 1. The lowest BCUT2D eigenvalue weighted by atomic mass is 9.86. The Labute approximate surface area is 122 Å². The SMILES string of the molecule is CN(C)C(=O)N1CCC(NCC2(CO)CCCC2)CC1. The number of nitrogens with zero attached hydrogens (tertiary/aromatic N) is 2. The zero-order chi connectivity index (χ0) is 14.6. The number of hydrogen-bond acceptors (Lipinski definition) is 3. The highest BCUT2D eigenvalue weighted by atomic mass is 16.3. The van der Waals surface area contributed by atoms with Gasteiger partial charge in [-0.05, 0) is 25.7 Å². The highest BCUT2D eigenvalue weighted by Gasteiger charge is 2.34. The molecule has 0 radical (unpaired) electrons. The van der Waals surface area contributed by atoms with Crippen molar-refractivity contribution in [3.05, 3.63) is 0 Å². The summed E-state index contributed by atoms with van der Waals surface area (Å²) in [5.41, 5.74) is 0.122. The topological polar surface area (TPSA) is 55.8 Å². The Morgan fingerprint density at radius 1 is 1.30 bits per heavy atom. The third kappa shape index (κ3) is 3.64. The Kier molecular flexibility index (Phi) is 5.27. The Morgan fingerprint density at radius 3 is 2.40 bits per heavy atom. The molecule has 2 fully saturated rings. The van der Waals surface area contributed by atoms with Crippen molar-refractivity contribution in [3.63, 3.8) is 0 Å². The van der Waals surface area contributed by atoms with Gasteiger partial charge < -0.3 is 20.2 Å². The largest absolute Gasteiger partial charge is 0.396 e. The zero-order valence-corrected chi connectivity index (χ0v) is 12.9. The molecule has 2 N–H and O–H groups in total.